The van der Waals surface area contributed by atoms with Crippen LogP contribution in [0.4, 0.5) is 0 Å². The molecule has 0 bridgehead atoms. The molecule has 16 heavy (non-hydrogen) atoms. The number of esters is 1. The van der Waals surface area contributed by atoms with Crippen LogP contribution in [0.3, 0.4) is 0 Å². The van der Waals surface area contributed by atoms with Gasteiger partial charge in [-0.15, -0.1) is 6.58 Å². The second-order valence-electron chi connectivity index (χ2n) is 3.41. The molecule has 0 radical (unpaired) electrons. The quantitative estimate of drug-likeness (QED) is 0.364. The van der Waals surface area contributed by atoms with Gasteiger partial charge in [0.2, 0.25) is 0 Å². The summed E-state index contributed by atoms with van der Waals surface area (Å²) in [5, 5.41) is 3.23. The fourth-order valence-corrected chi connectivity index (χ4v) is 1.90. The molecule has 0 aliphatic rings. The minimum absolute atomic E-state index is 0.127. The Bertz CT molecular complexity index is 197. The van der Waals surface area contributed by atoms with E-state index in [1.807, 2.05) is 13.0 Å². The zero-order valence-electron chi connectivity index (χ0n) is 10.3. The largest absolute Gasteiger partial charge is 0.465 e. The van der Waals surface area contributed by atoms with Gasteiger partial charge in [0.1, 0.15) is 6.04 Å². The Morgan fingerprint density at radius 2 is 2.31 bits per heavy atom. The van der Waals surface area contributed by atoms with Crippen molar-refractivity contribution in [3.63, 3.8) is 0 Å². The van der Waals surface area contributed by atoms with E-state index in [0.29, 0.717) is 6.61 Å². The molecule has 0 spiro atoms. The maximum atomic E-state index is 11.5. The highest BCUT2D eigenvalue weighted by atomic mass is 32.2. The Labute approximate surface area is 103 Å². The number of ether oxygens (including phenoxy) is 1. The van der Waals surface area contributed by atoms with Crippen LogP contribution in [0.2, 0.25) is 0 Å². The predicted molar refractivity (Wildman–Crippen MR) is 70.9 cm³/mol. The number of rotatable bonds is 10. The van der Waals surface area contributed by atoms with Crippen molar-refractivity contribution < 1.29 is 9.53 Å². The minimum Gasteiger partial charge on any atom is -0.465 e. The number of hydrogen-bond donors (Lipinski definition) is 1. The molecule has 0 amide bonds. The molecule has 4 heteroatoms. The van der Waals surface area contributed by atoms with Crippen LogP contribution >= 0.6 is 11.8 Å². The SMILES string of the molecule is C=CCSCCNC(CCC)C(=O)OCC. The highest BCUT2D eigenvalue weighted by molar-refractivity contribution is 7.99. The van der Waals surface area contributed by atoms with Crippen molar-refractivity contribution in [1.29, 1.82) is 0 Å². The smallest absolute Gasteiger partial charge is 0.323 e. The fraction of sp³-hybridized carbons (Fsp3) is 0.750. The molecule has 0 aromatic rings. The third-order valence-electron chi connectivity index (χ3n) is 2.02. The molecule has 0 rings (SSSR count). The van der Waals surface area contributed by atoms with Crippen molar-refractivity contribution >= 4 is 17.7 Å². The summed E-state index contributed by atoms with van der Waals surface area (Å²) in [7, 11) is 0. The van der Waals surface area contributed by atoms with Gasteiger partial charge < -0.3 is 10.1 Å². The van der Waals surface area contributed by atoms with Gasteiger partial charge in [-0.3, -0.25) is 4.79 Å². The van der Waals surface area contributed by atoms with E-state index in [1.165, 1.54) is 0 Å². The Morgan fingerprint density at radius 3 is 2.88 bits per heavy atom. The van der Waals surface area contributed by atoms with E-state index in [-0.39, 0.29) is 12.0 Å². The van der Waals surface area contributed by atoms with E-state index in [2.05, 4.69) is 18.8 Å². The first-order valence-corrected chi connectivity index (χ1v) is 7.00. The topological polar surface area (TPSA) is 38.3 Å². The van der Waals surface area contributed by atoms with Gasteiger partial charge in [0.15, 0.2) is 0 Å². The van der Waals surface area contributed by atoms with E-state index in [0.717, 1.165) is 30.9 Å². The summed E-state index contributed by atoms with van der Waals surface area (Å²) >= 11 is 1.81. The van der Waals surface area contributed by atoms with Crippen LogP contribution in [0.25, 0.3) is 0 Å². The van der Waals surface area contributed by atoms with E-state index in [1.54, 1.807) is 11.8 Å². The fourth-order valence-electron chi connectivity index (χ4n) is 1.31. The highest BCUT2D eigenvalue weighted by Crippen LogP contribution is 2.02. The molecule has 1 N–H and O–H groups in total. The van der Waals surface area contributed by atoms with Gasteiger partial charge in [-0.1, -0.05) is 19.4 Å². The number of hydrogen-bond acceptors (Lipinski definition) is 4. The zero-order valence-corrected chi connectivity index (χ0v) is 11.1. The summed E-state index contributed by atoms with van der Waals surface area (Å²) < 4.78 is 5.01. The normalized spacial score (nSPS) is 12.1. The van der Waals surface area contributed by atoms with Gasteiger partial charge in [-0.05, 0) is 13.3 Å². The third-order valence-corrected chi connectivity index (χ3v) is 2.99. The Balaban J connectivity index is 3.75. The van der Waals surface area contributed by atoms with Crippen molar-refractivity contribution in [1.82, 2.24) is 5.32 Å². The van der Waals surface area contributed by atoms with Crippen LogP contribution in [-0.2, 0) is 9.53 Å². The van der Waals surface area contributed by atoms with Gasteiger partial charge in [-0.25, -0.2) is 0 Å². The summed E-state index contributed by atoms with van der Waals surface area (Å²) in [6, 6.07) is -0.144. The third kappa shape index (κ3) is 7.77. The summed E-state index contributed by atoms with van der Waals surface area (Å²) in [5.41, 5.74) is 0. The molecule has 0 aromatic heterocycles. The average Bonchev–Trinajstić information content (AvgIpc) is 2.27. The number of carbonyl (C=O) groups is 1. The lowest BCUT2D eigenvalue weighted by Crippen LogP contribution is -2.39. The lowest BCUT2D eigenvalue weighted by atomic mass is 10.2. The van der Waals surface area contributed by atoms with Crippen molar-refractivity contribution in [2.75, 3.05) is 24.7 Å². The van der Waals surface area contributed by atoms with E-state index >= 15 is 0 Å². The molecule has 0 aromatic carbocycles. The monoisotopic (exact) mass is 245 g/mol. The predicted octanol–water partition coefficient (Wildman–Crippen LogP) is 2.23. The molecule has 0 aliphatic carbocycles. The minimum atomic E-state index is -0.144. The van der Waals surface area contributed by atoms with Gasteiger partial charge in [0.25, 0.3) is 0 Å². The molecule has 0 fully saturated rings. The molecule has 94 valence electrons. The zero-order chi connectivity index (χ0) is 12.2. The molecule has 0 saturated heterocycles. The Kier molecular flexibility index (Phi) is 10.7. The van der Waals surface area contributed by atoms with E-state index in [4.69, 9.17) is 4.74 Å². The first kappa shape index (κ1) is 15.5. The standard InChI is InChI=1S/C12H23NO2S/c1-4-7-11(12(14)15-6-3)13-8-10-16-9-5-2/h5,11,13H,2,4,6-10H2,1,3H3. The second-order valence-corrected chi connectivity index (χ2v) is 4.56. The van der Waals surface area contributed by atoms with Gasteiger partial charge in [-0.2, -0.15) is 11.8 Å². The Morgan fingerprint density at radius 1 is 1.56 bits per heavy atom. The number of nitrogens with one attached hydrogen (secondary N) is 1. The molecule has 1 atom stereocenters. The van der Waals surface area contributed by atoms with Gasteiger partial charge >= 0.3 is 5.97 Å². The van der Waals surface area contributed by atoms with Crippen LogP contribution in [0.1, 0.15) is 26.7 Å². The van der Waals surface area contributed by atoms with Crippen molar-refractivity contribution in [2.24, 2.45) is 0 Å². The lowest BCUT2D eigenvalue weighted by Gasteiger charge is -2.16. The summed E-state index contributed by atoms with van der Waals surface area (Å²) in [5.74, 6) is 1.82. The van der Waals surface area contributed by atoms with E-state index < -0.39 is 0 Å². The summed E-state index contributed by atoms with van der Waals surface area (Å²) in [6.07, 6.45) is 3.71. The van der Waals surface area contributed by atoms with Crippen LogP contribution in [0, 0.1) is 0 Å². The molecular formula is C12H23NO2S. The maximum Gasteiger partial charge on any atom is 0.323 e. The number of carbonyl (C=O) groups excluding carboxylic acids is 1. The van der Waals surface area contributed by atoms with Gasteiger partial charge in [0.05, 0.1) is 6.61 Å². The van der Waals surface area contributed by atoms with Crippen molar-refractivity contribution in [2.45, 2.75) is 32.7 Å². The molecule has 0 aliphatic heterocycles. The number of thioether (sulfide) groups is 1. The van der Waals surface area contributed by atoms with Crippen LogP contribution < -0.4 is 5.32 Å². The molecule has 0 saturated carbocycles. The molecule has 0 heterocycles. The maximum absolute atomic E-state index is 11.5. The molecular weight excluding hydrogens is 222 g/mol. The van der Waals surface area contributed by atoms with E-state index in [9.17, 15) is 4.79 Å². The second kappa shape index (κ2) is 11.0. The lowest BCUT2D eigenvalue weighted by molar-refractivity contribution is -0.145. The first-order chi connectivity index (χ1) is 7.76. The molecule has 1 unspecified atom stereocenters. The summed E-state index contributed by atoms with van der Waals surface area (Å²) in [4.78, 5) is 11.5. The van der Waals surface area contributed by atoms with Crippen LogP contribution in [0.5, 0.6) is 0 Å². The average molecular weight is 245 g/mol. The van der Waals surface area contributed by atoms with Gasteiger partial charge in [0, 0.05) is 18.1 Å². The van der Waals surface area contributed by atoms with Crippen LogP contribution in [-0.4, -0.2) is 36.7 Å². The van der Waals surface area contributed by atoms with Crippen molar-refractivity contribution in [3.05, 3.63) is 12.7 Å². The molecule has 3 nitrogen and oxygen atoms in total. The van der Waals surface area contributed by atoms with Crippen LogP contribution in [0.15, 0.2) is 12.7 Å². The van der Waals surface area contributed by atoms with Crippen molar-refractivity contribution in [3.8, 4) is 0 Å². The Hall–Kier alpha value is -0.480. The first-order valence-electron chi connectivity index (χ1n) is 5.84. The highest BCUT2D eigenvalue weighted by Gasteiger charge is 2.17. The summed E-state index contributed by atoms with van der Waals surface area (Å²) in [6.45, 7) is 8.85.